The van der Waals surface area contributed by atoms with Gasteiger partial charge in [-0.05, 0) is 78.9 Å². The highest BCUT2D eigenvalue weighted by Crippen LogP contribution is 2.60. The molecule has 0 aromatic heterocycles. The van der Waals surface area contributed by atoms with Crippen LogP contribution in [-0.2, 0) is 5.41 Å². The fourth-order valence-electron chi connectivity index (χ4n) is 9.75. The summed E-state index contributed by atoms with van der Waals surface area (Å²) in [5.41, 5.74) is 15.3. The topological polar surface area (TPSA) is 3.24 Å². The van der Waals surface area contributed by atoms with Gasteiger partial charge in [-0.15, -0.1) is 0 Å². The zero-order valence-corrected chi connectivity index (χ0v) is 32.0. The molecule has 1 heteroatoms. The SMILES string of the molecule is c1ccc(-c2ccc(-c3ccccc3N(c3cccc4c3-c3ccccc3C4(c3ccccc3)c3ccccc3)c3cccc4ccccc34)c3ccccc23)cc1. The number of rotatable bonds is 7. The fraction of sp³-hybridized carbons (Fsp3) is 0.0175. The Morgan fingerprint density at radius 2 is 0.759 bits per heavy atom. The summed E-state index contributed by atoms with van der Waals surface area (Å²) < 4.78 is 0. The molecule has 272 valence electrons. The highest BCUT2D eigenvalue weighted by atomic mass is 15.1. The van der Waals surface area contributed by atoms with Crippen molar-refractivity contribution >= 4 is 38.6 Å². The minimum absolute atomic E-state index is 0.516. The predicted molar refractivity (Wildman–Crippen MR) is 244 cm³/mol. The standard InChI is InChI=1S/C57H39N/c1-4-20-40(21-5-1)44-38-39-48(47-30-13-12-29-46(44)47)49-31-15-17-35-54(49)58(53-36-18-23-41-22-10-11-28-45(41)53)55-37-19-34-52-56(55)50-32-14-16-33-51(50)57(52,42-24-6-2-7-25-42)43-26-8-3-9-27-43/h1-39H. The highest BCUT2D eigenvalue weighted by molar-refractivity contribution is 6.10. The van der Waals surface area contributed by atoms with Gasteiger partial charge in [-0.3, -0.25) is 0 Å². The van der Waals surface area contributed by atoms with E-state index in [4.69, 9.17) is 0 Å². The Kier molecular flexibility index (Phi) is 8.12. The molecule has 0 saturated heterocycles. The van der Waals surface area contributed by atoms with E-state index in [1.165, 1.54) is 77.2 Å². The van der Waals surface area contributed by atoms with Crippen LogP contribution in [0.25, 0.3) is 54.9 Å². The highest BCUT2D eigenvalue weighted by Gasteiger charge is 2.47. The van der Waals surface area contributed by atoms with Crippen molar-refractivity contribution in [1.29, 1.82) is 0 Å². The van der Waals surface area contributed by atoms with E-state index in [-0.39, 0.29) is 0 Å². The van der Waals surface area contributed by atoms with Gasteiger partial charge in [0.25, 0.3) is 0 Å². The normalized spacial score (nSPS) is 12.6. The zero-order valence-electron chi connectivity index (χ0n) is 32.0. The molecule has 10 aromatic rings. The van der Waals surface area contributed by atoms with E-state index in [2.05, 4.69) is 241 Å². The molecule has 0 radical (unpaired) electrons. The molecule has 0 amide bonds. The van der Waals surface area contributed by atoms with Crippen molar-refractivity contribution < 1.29 is 0 Å². The summed E-state index contributed by atoms with van der Waals surface area (Å²) in [6.07, 6.45) is 0. The van der Waals surface area contributed by atoms with Crippen LogP contribution in [0.1, 0.15) is 22.3 Å². The van der Waals surface area contributed by atoms with Crippen LogP contribution in [0.5, 0.6) is 0 Å². The second-order valence-corrected chi connectivity index (χ2v) is 15.2. The molecule has 0 atom stereocenters. The Hall–Kier alpha value is -7.48. The summed E-state index contributed by atoms with van der Waals surface area (Å²) in [5, 5.41) is 4.87. The maximum absolute atomic E-state index is 2.54. The Morgan fingerprint density at radius 1 is 0.276 bits per heavy atom. The van der Waals surface area contributed by atoms with Crippen LogP contribution in [-0.4, -0.2) is 0 Å². The lowest BCUT2D eigenvalue weighted by Crippen LogP contribution is -2.28. The molecule has 0 unspecified atom stereocenters. The molecule has 1 nitrogen and oxygen atoms in total. The summed E-state index contributed by atoms with van der Waals surface area (Å²) in [5.74, 6) is 0. The molecule has 0 fully saturated rings. The molecular weight excluding hydrogens is 699 g/mol. The third kappa shape index (κ3) is 5.17. The number of para-hydroxylation sites is 1. The molecule has 58 heavy (non-hydrogen) atoms. The predicted octanol–water partition coefficient (Wildman–Crippen LogP) is 15.2. The van der Waals surface area contributed by atoms with Crippen molar-refractivity contribution in [2.75, 3.05) is 4.90 Å². The molecule has 0 spiro atoms. The molecule has 0 bridgehead atoms. The van der Waals surface area contributed by atoms with E-state index in [1.54, 1.807) is 0 Å². The van der Waals surface area contributed by atoms with Crippen molar-refractivity contribution in [3.63, 3.8) is 0 Å². The van der Waals surface area contributed by atoms with Crippen molar-refractivity contribution in [3.05, 3.63) is 259 Å². The molecule has 11 rings (SSSR count). The first-order chi connectivity index (χ1) is 28.8. The molecule has 10 aromatic carbocycles. The van der Waals surface area contributed by atoms with Gasteiger partial charge >= 0.3 is 0 Å². The van der Waals surface area contributed by atoms with E-state index in [9.17, 15) is 0 Å². The van der Waals surface area contributed by atoms with Crippen LogP contribution < -0.4 is 4.90 Å². The van der Waals surface area contributed by atoms with Crippen molar-refractivity contribution in [2.24, 2.45) is 0 Å². The monoisotopic (exact) mass is 737 g/mol. The van der Waals surface area contributed by atoms with Gasteiger partial charge in [0.1, 0.15) is 0 Å². The van der Waals surface area contributed by atoms with Crippen LogP contribution in [0.15, 0.2) is 237 Å². The van der Waals surface area contributed by atoms with E-state index >= 15 is 0 Å². The number of nitrogens with zero attached hydrogens (tertiary/aromatic N) is 1. The summed E-state index contributed by atoms with van der Waals surface area (Å²) in [6, 6.07) is 86.9. The van der Waals surface area contributed by atoms with Gasteiger partial charge < -0.3 is 4.90 Å². The van der Waals surface area contributed by atoms with Gasteiger partial charge in [-0.1, -0.05) is 218 Å². The lowest BCUT2D eigenvalue weighted by atomic mass is 9.68. The molecule has 0 saturated carbocycles. The molecule has 0 heterocycles. The average molecular weight is 738 g/mol. The van der Waals surface area contributed by atoms with Crippen LogP contribution >= 0.6 is 0 Å². The van der Waals surface area contributed by atoms with E-state index in [1.807, 2.05) is 0 Å². The molecule has 0 N–H and O–H groups in total. The maximum Gasteiger partial charge on any atom is 0.0714 e. The van der Waals surface area contributed by atoms with Gasteiger partial charge in [-0.2, -0.15) is 0 Å². The van der Waals surface area contributed by atoms with Crippen LogP contribution in [0.3, 0.4) is 0 Å². The second kappa shape index (κ2) is 13.9. The first-order valence-electron chi connectivity index (χ1n) is 20.1. The van der Waals surface area contributed by atoms with Gasteiger partial charge in [-0.25, -0.2) is 0 Å². The minimum atomic E-state index is -0.516. The zero-order chi connectivity index (χ0) is 38.5. The van der Waals surface area contributed by atoms with Crippen LogP contribution in [0.4, 0.5) is 17.1 Å². The van der Waals surface area contributed by atoms with E-state index in [0.29, 0.717) is 0 Å². The Morgan fingerprint density at radius 3 is 1.50 bits per heavy atom. The molecular formula is C57H39N. The number of anilines is 3. The summed E-state index contributed by atoms with van der Waals surface area (Å²) in [7, 11) is 0. The van der Waals surface area contributed by atoms with Crippen molar-refractivity contribution in [2.45, 2.75) is 5.41 Å². The average Bonchev–Trinajstić information content (AvgIpc) is 3.61. The lowest BCUT2D eigenvalue weighted by molar-refractivity contribution is 0.768. The van der Waals surface area contributed by atoms with Gasteiger partial charge in [0.05, 0.1) is 22.5 Å². The lowest BCUT2D eigenvalue weighted by Gasteiger charge is -2.35. The fourth-order valence-corrected chi connectivity index (χ4v) is 9.75. The number of hydrogen-bond donors (Lipinski definition) is 0. The quantitative estimate of drug-likeness (QED) is 0.157. The first-order valence-corrected chi connectivity index (χ1v) is 20.1. The van der Waals surface area contributed by atoms with Gasteiger partial charge in [0.15, 0.2) is 0 Å². The van der Waals surface area contributed by atoms with E-state index in [0.717, 1.165) is 17.1 Å². The summed E-state index contributed by atoms with van der Waals surface area (Å²) in [6.45, 7) is 0. The summed E-state index contributed by atoms with van der Waals surface area (Å²) in [4.78, 5) is 2.54. The van der Waals surface area contributed by atoms with Crippen molar-refractivity contribution in [1.82, 2.24) is 0 Å². The van der Waals surface area contributed by atoms with Crippen LogP contribution in [0, 0.1) is 0 Å². The first kappa shape index (κ1) is 33.8. The molecule has 1 aliphatic rings. The second-order valence-electron chi connectivity index (χ2n) is 15.2. The summed E-state index contributed by atoms with van der Waals surface area (Å²) >= 11 is 0. The number of hydrogen-bond acceptors (Lipinski definition) is 1. The Bertz CT molecular complexity index is 3070. The smallest absolute Gasteiger partial charge is 0.0714 e. The Balaban J connectivity index is 1.23. The molecule has 1 aliphatic carbocycles. The molecule has 0 aliphatic heterocycles. The number of fused-ring (bicyclic) bond motifs is 5. The van der Waals surface area contributed by atoms with Crippen LogP contribution in [0.2, 0.25) is 0 Å². The van der Waals surface area contributed by atoms with E-state index < -0.39 is 5.41 Å². The van der Waals surface area contributed by atoms with Crippen molar-refractivity contribution in [3.8, 4) is 33.4 Å². The maximum atomic E-state index is 2.54. The number of benzene rings is 10. The largest absolute Gasteiger partial charge is 0.309 e. The van der Waals surface area contributed by atoms with Gasteiger partial charge in [0.2, 0.25) is 0 Å². The third-order valence-corrected chi connectivity index (χ3v) is 12.2. The third-order valence-electron chi connectivity index (χ3n) is 12.2. The van der Waals surface area contributed by atoms with Gasteiger partial charge in [0, 0.05) is 16.5 Å². The minimum Gasteiger partial charge on any atom is -0.309 e. The Labute approximate surface area is 339 Å².